The van der Waals surface area contributed by atoms with Crippen molar-refractivity contribution in [1.29, 1.82) is 0 Å². The Bertz CT molecular complexity index is 173. The minimum absolute atomic E-state index is 0.142. The van der Waals surface area contributed by atoms with Gasteiger partial charge in [-0.25, -0.2) is 0 Å². The molecule has 0 heterocycles. The van der Waals surface area contributed by atoms with Crippen molar-refractivity contribution >= 4 is 5.91 Å². The van der Waals surface area contributed by atoms with Crippen LogP contribution in [0.25, 0.3) is 0 Å². The highest BCUT2D eigenvalue weighted by Crippen LogP contribution is 2.04. The molecule has 2 nitrogen and oxygen atoms in total. The lowest BCUT2D eigenvalue weighted by Gasteiger charge is -2.10. The molecule has 0 aromatic heterocycles. The summed E-state index contributed by atoms with van der Waals surface area (Å²) in [6.07, 6.45) is 5.83. The normalized spacial score (nSPS) is 13.6. The highest BCUT2D eigenvalue weighted by atomic mass is 16.1. The summed E-state index contributed by atoms with van der Waals surface area (Å²) in [5.74, 6) is 0.488. The summed E-state index contributed by atoms with van der Waals surface area (Å²) in [4.78, 5) is 11.3. The fourth-order valence-electron chi connectivity index (χ4n) is 1.11. The monoisotopic (exact) mass is 183 g/mol. The van der Waals surface area contributed by atoms with Gasteiger partial charge < -0.3 is 5.32 Å². The van der Waals surface area contributed by atoms with Crippen LogP contribution >= 0.6 is 0 Å². The van der Waals surface area contributed by atoms with E-state index in [-0.39, 0.29) is 11.9 Å². The van der Waals surface area contributed by atoms with E-state index in [1.165, 1.54) is 0 Å². The molecule has 0 aromatic carbocycles. The Labute approximate surface area is 81.4 Å². The molecule has 0 saturated carbocycles. The van der Waals surface area contributed by atoms with Gasteiger partial charge in [0, 0.05) is 12.5 Å². The van der Waals surface area contributed by atoms with Crippen molar-refractivity contribution < 1.29 is 4.79 Å². The molecule has 1 amide bonds. The molecule has 0 aliphatic rings. The molecule has 0 rings (SSSR count). The topological polar surface area (TPSA) is 29.1 Å². The SMILES string of the molecule is CC/C=C/[C@H](C)CC(=O)NC(C)C. The molecule has 0 radical (unpaired) electrons. The minimum atomic E-state index is 0.142. The van der Waals surface area contributed by atoms with Crippen molar-refractivity contribution in [2.75, 3.05) is 0 Å². The molecule has 1 N–H and O–H groups in total. The lowest BCUT2D eigenvalue weighted by molar-refractivity contribution is -0.122. The van der Waals surface area contributed by atoms with Crippen molar-refractivity contribution in [2.45, 2.75) is 46.6 Å². The number of carbonyl (C=O) groups is 1. The van der Waals surface area contributed by atoms with E-state index >= 15 is 0 Å². The Balaban J connectivity index is 3.71. The van der Waals surface area contributed by atoms with Crippen molar-refractivity contribution in [3.8, 4) is 0 Å². The van der Waals surface area contributed by atoms with Gasteiger partial charge >= 0.3 is 0 Å². The fourth-order valence-corrected chi connectivity index (χ4v) is 1.11. The minimum Gasteiger partial charge on any atom is -0.354 e. The average Bonchev–Trinajstić information content (AvgIpc) is 1.98. The maximum atomic E-state index is 11.3. The molecule has 0 bridgehead atoms. The van der Waals surface area contributed by atoms with Crippen LogP contribution < -0.4 is 5.32 Å². The largest absolute Gasteiger partial charge is 0.354 e. The van der Waals surface area contributed by atoms with Gasteiger partial charge in [-0.05, 0) is 26.2 Å². The summed E-state index contributed by atoms with van der Waals surface area (Å²) < 4.78 is 0. The van der Waals surface area contributed by atoms with Gasteiger partial charge in [0.15, 0.2) is 0 Å². The number of carbonyl (C=O) groups excluding carboxylic acids is 1. The number of nitrogens with one attached hydrogen (secondary N) is 1. The second-order valence-electron chi connectivity index (χ2n) is 3.74. The van der Waals surface area contributed by atoms with Crippen LogP contribution in [0.15, 0.2) is 12.2 Å². The van der Waals surface area contributed by atoms with Gasteiger partial charge in [0.2, 0.25) is 5.91 Å². The first-order valence-corrected chi connectivity index (χ1v) is 5.02. The average molecular weight is 183 g/mol. The third kappa shape index (κ3) is 7.57. The van der Waals surface area contributed by atoms with Crippen LogP contribution in [0.5, 0.6) is 0 Å². The van der Waals surface area contributed by atoms with Crippen molar-refractivity contribution in [3.05, 3.63) is 12.2 Å². The second kappa shape index (κ2) is 6.70. The predicted molar refractivity (Wildman–Crippen MR) is 56.5 cm³/mol. The molecule has 0 fully saturated rings. The summed E-state index contributed by atoms with van der Waals surface area (Å²) in [5.41, 5.74) is 0. The molecule has 0 unspecified atom stereocenters. The van der Waals surface area contributed by atoms with E-state index in [9.17, 15) is 4.79 Å². The molecule has 1 atom stereocenters. The lowest BCUT2D eigenvalue weighted by Crippen LogP contribution is -2.30. The quantitative estimate of drug-likeness (QED) is 0.652. The zero-order valence-corrected chi connectivity index (χ0v) is 9.13. The molecule has 0 aliphatic heterocycles. The summed E-state index contributed by atoms with van der Waals surface area (Å²) in [5, 5.41) is 2.88. The Morgan fingerprint density at radius 2 is 2.00 bits per heavy atom. The van der Waals surface area contributed by atoms with Gasteiger partial charge in [0.25, 0.3) is 0 Å². The molecular formula is C11H21NO. The highest BCUT2D eigenvalue weighted by Gasteiger charge is 2.06. The zero-order chi connectivity index (χ0) is 10.3. The van der Waals surface area contributed by atoms with Crippen LogP contribution in [0, 0.1) is 5.92 Å². The molecule has 2 heteroatoms. The fraction of sp³-hybridized carbons (Fsp3) is 0.727. The zero-order valence-electron chi connectivity index (χ0n) is 9.13. The summed E-state index contributed by atoms with van der Waals surface area (Å²) in [6, 6.07) is 0.245. The predicted octanol–water partition coefficient (Wildman–Crippen LogP) is 2.50. The van der Waals surface area contributed by atoms with Crippen molar-refractivity contribution in [3.63, 3.8) is 0 Å². The van der Waals surface area contributed by atoms with E-state index in [1.807, 2.05) is 13.8 Å². The van der Waals surface area contributed by atoms with Crippen LogP contribution in [0.4, 0.5) is 0 Å². The molecule has 0 aliphatic carbocycles. The smallest absolute Gasteiger partial charge is 0.220 e. The molecule has 0 saturated heterocycles. The van der Waals surface area contributed by atoms with Gasteiger partial charge in [-0.1, -0.05) is 26.0 Å². The van der Waals surface area contributed by atoms with Gasteiger partial charge in [-0.3, -0.25) is 4.79 Å². The first-order valence-electron chi connectivity index (χ1n) is 5.02. The summed E-state index contributed by atoms with van der Waals surface area (Å²) >= 11 is 0. The van der Waals surface area contributed by atoms with E-state index in [0.29, 0.717) is 12.3 Å². The number of rotatable bonds is 5. The van der Waals surface area contributed by atoms with Gasteiger partial charge in [0.1, 0.15) is 0 Å². The number of hydrogen-bond acceptors (Lipinski definition) is 1. The maximum Gasteiger partial charge on any atom is 0.220 e. The van der Waals surface area contributed by atoms with Crippen LogP contribution in [0.2, 0.25) is 0 Å². The third-order valence-corrected chi connectivity index (χ3v) is 1.66. The molecular weight excluding hydrogens is 162 g/mol. The molecule has 13 heavy (non-hydrogen) atoms. The molecule has 76 valence electrons. The number of hydrogen-bond donors (Lipinski definition) is 1. The van der Waals surface area contributed by atoms with E-state index < -0.39 is 0 Å². The van der Waals surface area contributed by atoms with E-state index in [0.717, 1.165) is 6.42 Å². The Morgan fingerprint density at radius 1 is 1.38 bits per heavy atom. The Hall–Kier alpha value is -0.790. The van der Waals surface area contributed by atoms with E-state index in [4.69, 9.17) is 0 Å². The Morgan fingerprint density at radius 3 is 2.46 bits per heavy atom. The number of amides is 1. The molecule has 0 aromatic rings. The van der Waals surface area contributed by atoms with E-state index in [2.05, 4.69) is 31.3 Å². The first kappa shape index (κ1) is 12.2. The van der Waals surface area contributed by atoms with Gasteiger partial charge in [-0.15, -0.1) is 0 Å². The highest BCUT2D eigenvalue weighted by molar-refractivity contribution is 5.76. The number of allylic oxidation sites excluding steroid dienone is 2. The standard InChI is InChI=1S/C11H21NO/c1-5-6-7-10(4)8-11(13)12-9(2)3/h6-7,9-10H,5,8H2,1-4H3,(H,12,13)/b7-6+/t10-/m0/s1. The maximum absolute atomic E-state index is 11.3. The second-order valence-corrected chi connectivity index (χ2v) is 3.74. The molecule has 0 spiro atoms. The van der Waals surface area contributed by atoms with Gasteiger partial charge in [-0.2, -0.15) is 0 Å². The lowest BCUT2D eigenvalue weighted by atomic mass is 10.1. The van der Waals surface area contributed by atoms with E-state index in [1.54, 1.807) is 0 Å². The summed E-state index contributed by atoms with van der Waals surface area (Å²) in [6.45, 7) is 8.11. The van der Waals surface area contributed by atoms with Crippen LogP contribution in [-0.4, -0.2) is 11.9 Å². The summed E-state index contributed by atoms with van der Waals surface area (Å²) in [7, 11) is 0. The third-order valence-electron chi connectivity index (χ3n) is 1.66. The van der Waals surface area contributed by atoms with Crippen molar-refractivity contribution in [1.82, 2.24) is 5.32 Å². The Kier molecular flexibility index (Phi) is 6.29. The van der Waals surface area contributed by atoms with Crippen LogP contribution in [-0.2, 0) is 4.79 Å². The van der Waals surface area contributed by atoms with Gasteiger partial charge in [0.05, 0.1) is 0 Å². The first-order chi connectivity index (χ1) is 6.06. The van der Waals surface area contributed by atoms with Crippen LogP contribution in [0.3, 0.4) is 0 Å². The van der Waals surface area contributed by atoms with Crippen LogP contribution in [0.1, 0.15) is 40.5 Å². The van der Waals surface area contributed by atoms with Crippen molar-refractivity contribution in [2.24, 2.45) is 5.92 Å².